The third-order valence-electron chi connectivity index (χ3n) is 1.98. The first-order valence-electron chi connectivity index (χ1n) is 4.69. The zero-order valence-corrected chi connectivity index (χ0v) is 8.16. The van der Waals surface area contributed by atoms with E-state index in [1.54, 1.807) is 0 Å². The molecule has 0 fully saturated rings. The van der Waals surface area contributed by atoms with Crippen LogP contribution in [0.2, 0.25) is 0 Å². The summed E-state index contributed by atoms with van der Waals surface area (Å²) in [6.45, 7) is 2.01. The standard InChI is InChI=1S/C11H14O3/c1-2-3-4-11(14)8-5-9(12)7-10(13)6-8/h5-7,12-13H,2-4H2,1H3. The Morgan fingerprint density at radius 2 is 1.79 bits per heavy atom. The molecule has 0 amide bonds. The summed E-state index contributed by atoms with van der Waals surface area (Å²) >= 11 is 0. The van der Waals surface area contributed by atoms with Crippen LogP contribution in [0.25, 0.3) is 0 Å². The van der Waals surface area contributed by atoms with Crippen LogP contribution in [0, 0.1) is 0 Å². The fourth-order valence-electron chi connectivity index (χ4n) is 1.24. The lowest BCUT2D eigenvalue weighted by Gasteiger charge is -2.01. The van der Waals surface area contributed by atoms with Gasteiger partial charge in [-0.1, -0.05) is 13.3 Å². The van der Waals surface area contributed by atoms with Gasteiger partial charge in [-0.15, -0.1) is 0 Å². The van der Waals surface area contributed by atoms with Crippen molar-refractivity contribution in [3.63, 3.8) is 0 Å². The molecule has 14 heavy (non-hydrogen) atoms. The quantitative estimate of drug-likeness (QED) is 0.724. The number of benzene rings is 1. The molecular formula is C11H14O3. The van der Waals surface area contributed by atoms with Gasteiger partial charge in [-0.3, -0.25) is 4.79 Å². The van der Waals surface area contributed by atoms with Crippen molar-refractivity contribution in [1.29, 1.82) is 0 Å². The Morgan fingerprint density at radius 1 is 1.21 bits per heavy atom. The van der Waals surface area contributed by atoms with Gasteiger partial charge < -0.3 is 10.2 Å². The van der Waals surface area contributed by atoms with E-state index in [9.17, 15) is 4.79 Å². The van der Waals surface area contributed by atoms with E-state index in [4.69, 9.17) is 10.2 Å². The number of carbonyl (C=O) groups is 1. The van der Waals surface area contributed by atoms with Gasteiger partial charge >= 0.3 is 0 Å². The number of carbonyl (C=O) groups excluding carboxylic acids is 1. The lowest BCUT2D eigenvalue weighted by molar-refractivity contribution is 0.0979. The monoisotopic (exact) mass is 194 g/mol. The Hall–Kier alpha value is -1.51. The Balaban J connectivity index is 2.79. The molecule has 3 heteroatoms. The van der Waals surface area contributed by atoms with Gasteiger partial charge in [-0.05, 0) is 18.6 Å². The highest BCUT2D eigenvalue weighted by atomic mass is 16.3. The van der Waals surface area contributed by atoms with Crippen LogP contribution in [0.4, 0.5) is 0 Å². The van der Waals surface area contributed by atoms with E-state index in [0.717, 1.165) is 12.8 Å². The number of rotatable bonds is 4. The number of ketones is 1. The highest BCUT2D eigenvalue weighted by Crippen LogP contribution is 2.21. The molecule has 0 aliphatic carbocycles. The Kier molecular flexibility index (Phi) is 3.51. The van der Waals surface area contributed by atoms with Gasteiger partial charge in [0.15, 0.2) is 5.78 Å². The van der Waals surface area contributed by atoms with Crippen molar-refractivity contribution in [3.8, 4) is 11.5 Å². The first kappa shape index (κ1) is 10.6. The minimum Gasteiger partial charge on any atom is -0.508 e. The van der Waals surface area contributed by atoms with Crippen LogP contribution in [0.3, 0.4) is 0 Å². The van der Waals surface area contributed by atoms with Crippen molar-refractivity contribution in [3.05, 3.63) is 23.8 Å². The Labute approximate surface area is 83.0 Å². The van der Waals surface area contributed by atoms with Crippen molar-refractivity contribution in [2.45, 2.75) is 26.2 Å². The van der Waals surface area contributed by atoms with Crippen molar-refractivity contribution >= 4 is 5.78 Å². The van der Waals surface area contributed by atoms with Crippen LogP contribution >= 0.6 is 0 Å². The fourth-order valence-corrected chi connectivity index (χ4v) is 1.24. The maximum atomic E-state index is 11.5. The predicted molar refractivity (Wildman–Crippen MR) is 53.6 cm³/mol. The molecular weight excluding hydrogens is 180 g/mol. The molecule has 2 N–H and O–H groups in total. The molecule has 0 saturated carbocycles. The molecule has 0 aromatic heterocycles. The SMILES string of the molecule is CCCCC(=O)c1cc(O)cc(O)c1. The summed E-state index contributed by atoms with van der Waals surface area (Å²) in [4.78, 5) is 11.5. The second-order valence-corrected chi connectivity index (χ2v) is 3.26. The number of Topliss-reactive ketones (excluding diaryl/α,β-unsaturated/α-hetero) is 1. The highest BCUT2D eigenvalue weighted by molar-refractivity contribution is 5.96. The van der Waals surface area contributed by atoms with Gasteiger partial charge in [0, 0.05) is 18.1 Å². The molecule has 1 aromatic rings. The molecule has 1 aromatic carbocycles. The van der Waals surface area contributed by atoms with E-state index in [2.05, 4.69) is 0 Å². The van der Waals surface area contributed by atoms with E-state index in [-0.39, 0.29) is 17.3 Å². The van der Waals surface area contributed by atoms with Crippen LogP contribution in [-0.4, -0.2) is 16.0 Å². The number of hydrogen-bond donors (Lipinski definition) is 2. The lowest BCUT2D eigenvalue weighted by atomic mass is 10.1. The van der Waals surface area contributed by atoms with Crippen LogP contribution in [-0.2, 0) is 0 Å². The third-order valence-corrected chi connectivity index (χ3v) is 1.98. The second-order valence-electron chi connectivity index (χ2n) is 3.26. The normalized spacial score (nSPS) is 10.1. The van der Waals surface area contributed by atoms with Crippen molar-refractivity contribution in [1.82, 2.24) is 0 Å². The van der Waals surface area contributed by atoms with Crippen molar-refractivity contribution in [2.75, 3.05) is 0 Å². The molecule has 0 aliphatic heterocycles. The maximum Gasteiger partial charge on any atom is 0.163 e. The van der Waals surface area contributed by atoms with Crippen LogP contribution in [0.1, 0.15) is 36.5 Å². The minimum atomic E-state index is -0.0788. The molecule has 0 radical (unpaired) electrons. The fraction of sp³-hybridized carbons (Fsp3) is 0.364. The molecule has 1 rings (SSSR count). The smallest absolute Gasteiger partial charge is 0.163 e. The topological polar surface area (TPSA) is 57.5 Å². The van der Waals surface area contributed by atoms with E-state index in [1.807, 2.05) is 6.92 Å². The molecule has 0 spiro atoms. The van der Waals surface area contributed by atoms with E-state index < -0.39 is 0 Å². The zero-order valence-electron chi connectivity index (χ0n) is 8.16. The highest BCUT2D eigenvalue weighted by Gasteiger charge is 2.07. The number of aromatic hydroxyl groups is 2. The summed E-state index contributed by atoms with van der Waals surface area (Å²) < 4.78 is 0. The number of phenols is 2. The predicted octanol–water partition coefficient (Wildman–Crippen LogP) is 2.47. The largest absolute Gasteiger partial charge is 0.508 e. The maximum absolute atomic E-state index is 11.5. The summed E-state index contributed by atoms with van der Waals surface area (Å²) in [6.07, 6.45) is 2.24. The number of hydrogen-bond acceptors (Lipinski definition) is 3. The zero-order chi connectivity index (χ0) is 10.6. The summed E-state index contributed by atoms with van der Waals surface area (Å²) in [7, 11) is 0. The molecule has 76 valence electrons. The summed E-state index contributed by atoms with van der Waals surface area (Å²) in [5.41, 5.74) is 0.371. The Bertz CT molecular complexity index is 311. The minimum absolute atomic E-state index is 0.0435. The molecule has 0 unspecified atom stereocenters. The number of phenolic OH excluding ortho intramolecular Hbond substituents is 2. The first-order chi connectivity index (χ1) is 6.63. The second kappa shape index (κ2) is 4.65. The summed E-state index contributed by atoms with van der Waals surface area (Å²) in [6, 6.07) is 3.95. The third kappa shape index (κ3) is 2.76. The van der Waals surface area contributed by atoms with E-state index in [1.165, 1.54) is 18.2 Å². The molecule has 0 bridgehead atoms. The molecule has 0 heterocycles. The average molecular weight is 194 g/mol. The van der Waals surface area contributed by atoms with Crippen LogP contribution in [0.15, 0.2) is 18.2 Å². The molecule has 0 atom stereocenters. The molecule has 0 saturated heterocycles. The van der Waals surface area contributed by atoms with Crippen LogP contribution < -0.4 is 0 Å². The van der Waals surface area contributed by atoms with Gasteiger partial charge in [0.1, 0.15) is 11.5 Å². The first-order valence-corrected chi connectivity index (χ1v) is 4.69. The van der Waals surface area contributed by atoms with Gasteiger partial charge in [-0.25, -0.2) is 0 Å². The van der Waals surface area contributed by atoms with Gasteiger partial charge in [0.05, 0.1) is 0 Å². The van der Waals surface area contributed by atoms with Crippen molar-refractivity contribution in [2.24, 2.45) is 0 Å². The van der Waals surface area contributed by atoms with Gasteiger partial charge in [0.25, 0.3) is 0 Å². The van der Waals surface area contributed by atoms with E-state index >= 15 is 0 Å². The number of unbranched alkanes of at least 4 members (excludes halogenated alkanes) is 1. The average Bonchev–Trinajstić information content (AvgIpc) is 2.12. The van der Waals surface area contributed by atoms with Gasteiger partial charge in [0.2, 0.25) is 0 Å². The molecule has 3 nitrogen and oxygen atoms in total. The Morgan fingerprint density at radius 3 is 2.29 bits per heavy atom. The van der Waals surface area contributed by atoms with Crippen molar-refractivity contribution < 1.29 is 15.0 Å². The van der Waals surface area contributed by atoms with Crippen LogP contribution in [0.5, 0.6) is 11.5 Å². The lowest BCUT2D eigenvalue weighted by Crippen LogP contribution is -1.98. The van der Waals surface area contributed by atoms with E-state index in [0.29, 0.717) is 12.0 Å². The molecule has 0 aliphatic rings. The summed E-state index contributed by atoms with van der Waals surface area (Å²) in [5.74, 6) is -0.201. The van der Waals surface area contributed by atoms with Gasteiger partial charge in [-0.2, -0.15) is 0 Å². The summed E-state index contributed by atoms with van der Waals surface area (Å²) in [5, 5.41) is 18.3.